The number of aryl methyl sites for hydroxylation is 1. The van der Waals surface area contributed by atoms with Gasteiger partial charge in [0.05, 0.1) is 23.7 Å². The number of ether oxygens (including phenoxy) is 1. The molecule has 272 valence electrons. The van der Waals surface area contributed by atoms with Crippen LogP contribution in [0.4, 0.5) is 11.4 Å². The Hall–Kier alpha value is -5.20. The van der Waals surface area contributed by atoms with Gasteiger partial charge in [-0.1, -0.05) is 48.0 Å². The molecule has 0 bridgehead atoms. The van der Waals surface area contributed by atoms with Gasteiger partial charge in [-0.15, -0.1) is 0 Å². The molecular weight excluding hydrogens is 677 g/mol. The zero-order valence-electron chi connectivity index (χ0n) is 30.3. The molecule has 1 spiro atoms. The molecule has 4 aromatic rings. The van der Waals surface area contributed by atoms with Gasteiger partial charge < -0.3 is 24.8 Å². The summed E-state index contributed by atoms with van der Waals surface area (Å²) in [4.78, 5) is 20.9. The maximum atomic E-state index is 14.6. The Morgan fingerprint density at radius 2 is 1.44 bits per heavy atom. The quantitative estimate of drug-likeness (QED) is 0.0738. The maximum Gasteiger partial charge on any atom is 0.297 e. The Bertz CT molecular complexity index is 2030. The van der Waals surface area contributed by atoms with Crippen LogP contribution in [0.15, 0.2) is 107 Å². The van der Waals surface area contributed by atoms with Crippen molar-refractivity contribution >= 4 is 27.4 Å². The summed E-state index contributed by atoms with van der Waals surface area (Å²) in [7, 11) is -3.93. The number of carbonyl (C=O) groups excluding carboxylic acids is 1. The third kappa shape index (κ3) is 6.52. The molecule has 12 heteroatoms. The number of fused-ring (bicyclic) bond motifs is 6. The zero-order valence-corrected chi connectivity index (χ0v) is 31.2. The SMILES string of the molecule is CCN(CC)c1ccc2c(c1)Oc1cc(N(CC)CC)ccc1C21c2ccccc2C(=O)N1C/C(=C/NCCOS(=O)(=O)c1ccc(C)cc1)N=N. The van der Waals surface area contributed by atoms with Crippen LogP contribution in [0.3, 0.4) is 0 Å². The van der Waals surface area contributed by atoms with Crippen molar-refractivity contribution in [3.05, 3.63) is 125 Å². The summed E-state index contributed by atoms with van der Waals surface area (Å²) < 4.78 is 37.3. The largest absolute Gasteiger partial charge is 0.456 e. The highest BCUT2D eigenvalue weighted by Gasteiger charge is 2.56. The molecule has 2 N–H and O–H groups in total. The first-order chi connectivity index (χ1) is 25.1. The number of nitrogens with zero attached hydrogens (tertiary/aromatic N) is 4. The lowest BCUT2D eigenvalue weighted by Gasteiger charge is -2.44. The van der Waals surface area contributed by atoms with E-state index in [2.05, 4.69) is 84.3 Å². The van der Waals surface area contributed by atoms with Crippen LogP contribution in [-0.2, 0) is 19.8 Å². The zero-order chi connectivity index (χ0) is 37.0. The van der Waals surface area contributed by atoms with E-state index in [0.717, 1.165) is 59.8 Å². The van der Waals surface area contributed by atoms with Crippen molar-refractivity contribution in [2.24, 2.45) is 5.11 Å². The van der Waals surface area contributed by atoms with Gasteiger partial charge >= 0.3 is 0 Å². The minimum absolute atomic E-state index is 0.0129. The molecule has 1 amide bonds. The van der Waals surface area contributed by atoms with Gasteiger partial charge in [-0.3, -0.25) is 8.98 Å². The van der Waals surface area contributed by atoms with Gasteiger partial charge in [0, 0.05) is 79.1 Å². The van der Waals surface area contributed by atoms with E-state index in [1.807, 2.05) is 31.2 Å². The standard InChI is InChI=1S/C40H46N6O5S/c1-6-44(7-2)30-16-20-35-37(24-30)51-38-25-31(45(8-3)9-4)17-21-36(38)40(35)34-13-11-10-12-33(34)39(47)46(40)27-29(43-41)26-42-22-23-50-52(48,49)32-18-14-28(5)15-19-32/h10-21,24-26,41-42H,6-9,22-23,27H2,1-5H3/b29-26-,43-41?. The van der Waals surface area contributed by atoms with E-state index in [4.69, 9.17) is 14.5 Å². The fourth-order valence-electron chi connectivity index (χ4n) is 7.27. The normalized spacial score (nSPS) is 14.4. The molecule has 11 nitrogen and oxygen atoms in total. The molecule has 0 saturated heterocycles. The van der Waals surface area contributed by atoms with Gasteiger partial charge in [0.1, 0.15) is 17.0 Å². The Morgan fingerprint density at radius 1 is 0.865 bits per heavy atom. The summed E-state index contributed by atoms with van der Waals surface area (Å²) in [6.07, 6.45) is 1.53. The summed E-state index contributed by atoms with van der Waals surface area (Å²) in [5, 5.41) is 6.85. The molecule has 2 aliphatic rings. The molecule has 0 unspecified atom stereocenters. The fraction of sp³-hybridized carbons (Fsp3) is 0.325. The van der Waals surface area contributed by atoms with Gasteiger partial charge in [0.2, 0.25) is 0 Å². The van der Waals surface area contributed by atoms with E-state index in [9.17, 15) is 13.2 Å². The molecule has 2 heterocycles. The van der Waals surface area contributed by atoms with Gasteiger partial charge in [-0.2, -0.15) is 13.5 Å². The minimum atomic E-state index is -3.93. The molecule has 2 aliphatic heterocycles. The highest BCUT2D eigenvalue weighted by atomic mass is 32.2. The van der Waals surface area contributed by atoms with Crippen LogP contribution in [0.25, 0.3) is 0 Å². The third-order valence-electron chi connectivity index (χ3n) is 9.91. The predicted octanol–water partition coefficient (Wildman–Crippen LogP) is 7.41. The molecule has 0 aliphatic carbocycles. The second kappa shape index (κ2) is 15.2. The van der Waals surface area contributed by atoms with Crippen LogP contribution in [0.5, 0.6) is 11.5 Å². The number of hydrogen-bond donors (Lipinski definition) is 2. The van der Waals surface area contributed by atoms with Crippen molar-refractivity contribution in [1.29, 1.82) is 5.53 Å². The predicted molar refractivity (Wildman–Crippen MR) is 203 cm³/mol. The van der Waals surface area contributed by atoms with Crippen molar-refractivity contribution in [3.63, 3.8) is 0 Å². The van der Waals surface area contributed by atoms with E-state index < -0.39 is 15.7 Å². The Morgan fingerprint density at radius 3 is 2.00 bits per heavy atom. The molecular formula is C40H46N6O5S. The van der Waals surface area contributed by atoms with Crippen LogP contribution < -0.4 is 19.9 Å². The Balaban J connectivity index is 1.39. The van der Waals surface area contributed by atoms with E-state index in [-0.39, 0.29) is 36.2 Å². The van der Waals surface area contributed by atoms with Crippen LogP contribution in [0.2, 0.25) is 0 Å². The highest BCUT2D eigenvalue weighted by Crippen LogP contribution is 2.58. The summed E-state index contributed by atoms with van der Waals surface area (Å²) >= 11 is 0. The number of benzene rings is 4. The molecule has 0 fully saturated rings. The number of nitrogens with one attached hydrogen (secondary N) is 2. The molecule has 0 saturated carbocycles. The Kier molecular flexibility index (Phi) is 10.7. The molecule has 0 aromatic heterocycles. The van der Waals surface area contributed by atoms with E-state index in [1.54, 1.807) is 17.0 Å². The first-order valence-corrected chi connectivity index (χ1v) is 19.2. The van der Waals surface area contributed by atoms with Crippen LogP contribution in [0.1, 0.15) is 60.3 Å². The smallest absolute Gasteiger partial charge is 0.297 e. The first kappa shape index (κ1) is 36.6. The second-order valence-electron chi connectivity index (χ2n) is 12.7. The minimum Gasteiger partial charge on any atom is -0.456 e. The molecule has 0 atom stereocenters. The van der Waals surface area contributed by atoms with E-state index >= 15 is 0 Å². The number of hydrogen-bond acceptors (Lipinski definition) is 10. The first-order valence-electron chi connectivity index (χ1n) is 17.8. The molecule has 4 aromatic carbocycles. The van der Waals surface area contributed by atoms with Crippen LogP contribution in [0, 0.1) is 12.5 Å². The lowest BCUT2D eigenvalue weighted by Crippen LogP contribution is -2.48. The van der Waals surface area contributed by atoms with Crippen molar-refractivity contribution in [2.45, 2.75) is 45.1 Å². The van der Waals surface area contributed by atoms with Crippen molar-refractivity contribution < 1.29 is 22.1 Å². The molecule has 52 heavy (non-hydrogen) atoms. The average Bonchev–Trinajstić information content (AvgIpc) is 3.39. The number of rotatable bonds is 15. The molecule has 0 radical (unpaired) electrons. The monoisotopic (exact) mass is 722 g/mol. The summed E-state index contributed by atoms with van der Waals surface area (Å²) in [6.45, 7) is 13.6. The fourth-order valence-corrected chi connectivity index (χ4v) is 8.18. The topological polar surface area (TPSA) is 128 Å². The number of amides is 1. The van der Waals surface area contributed by atoms with Crippen molar-refractivity contribution in [3.8, 4) is 11.5 Å². The van der Waals surface area contributed by atoms with Crippen molar-refractivity contribution in [1.82, 2.24) is 10.2 Å². The highest BCUT2D eigenvalue weighted by molar-refractivity contribution is 7.86. The van der Waals surface area contributed by atoms with Gasteiger partial charge in [0.15, 0.2) is 0 Å². The van der Waals surface area contributed by atoms with Crippen molar-refractivity contribution in [2.75, 3.05) is 55.7 Å². The van der Waals surface area contributed by atoms with Crippen LogP contribution in [-0.4, -0.2) is 65.1 Å². The third-order valence-corrected chi connectivity index (χ3v) is 11.2. The summed E-state index contributed by atoms with van der Waals surface area (Å²) in [5.74, 6) is 1.11. The molecule has 6 rings (SSSR count). The number of anilines is 2. The summed E-state index contributed by atoms with van der Waals surface area (Å²) in [5.41, 5.74) is 13.3. The van der Waals surface area contributed by atoms with Gasteiger partial charge in [0.25, 0.3) is 16.0 Å². The summed E-state index contributed by atoms with van der Waals surface area (Å²) in [6, 6.07) is 26.5. The lowest BCUT2D eigenvalue weighted by atomic mass is 9.74. The van der Waals surface area contributed by atoms with Gasteiger partial charge in [-0.05, 0) is 70.5 Å². The van der Waals surface area contributed by atoms with Gasteiger partial charge in [-0.25, -0.2) is 5.53 Å². The lowest BCUT2D eigenvalue weighted by molar-refractivity contribution is 0.0686. The maximum absolute atomic E-state index is 14.6. The van der Waals surface area contributed by atoms with Crippen LogP contribution >= 0.6 is 0 Å². The number of carbonyl (C=O) groups is 1. The Labute approximate surface area is 306 Å². The average molecular weight is 723 g/mol. The second-order valence-corrected chi connectivity index (χ2v) is 14.4. The van der Waals surface area contributed by atoms with E-state index in [1.165, 1.54) is 18.3 Å². The van der Waals surface area contributed by atoms with E-state index in [0.29, 0.717) is 17.1 Å².